The third-order valence-electron chi connectivity index (χ3n) is 7.85. The zero-order valence-electron chi connectivity index (χ0n) is 27.5. The Bertz CT molecular complexity index is 1100. The van der Waals surface area contributed by atoms with E-state index in [9.17, 15) is 32.7 Å². The number of likely N-dealkylation sites (N-methyl/N-ethyl adjacent to an activating group) is 1. The smallest absolute Gasteiger partial charge is 0.389 e. The first kappa shape index (κ1) is 38.3. The van der Waals surface area contributed by atoms with Crippen molar-refractivity contribution >= 4 is 23.4 Å². The number of halogens is 3. The Morgan fingerprint density at radius 3 is 2.51 bits per heavy atom. The number of ether oxygens (including phenoxy) is 2. The SMILES string of the molecule is C[C@H](CO)N1C[C@H](C)[C@@H](CN(C)C(=O)CCCN(C)C)OCCCC[C@H](C)Oc2ccc(NC(=O)CCC(F)(F)F)cc2C1=O. The molecular weight excluding hydrogens is 593 g/mol. The molecule has 1 heterocycles. The molecule has 2 rings (SSSR count). The minimum absolute atomic E-state index is 0.00780. The van der Waals surface area contributed by atoms with E-state index in [1.807, 2.05) is 32.8 Å². The molecule has 1 aromatic carbocycles. The van der Waals surface area contributed by atoms with Gasteiger partial charge in [0.2, 0.25) is 11.8 Å². The van der Waals surface area contributed by atoms with E-state index < -0.39 is 36.9 Å². The standard InChI is InChI=1S/C32H51F3N4O6/c1-22-19-39(23(2)21-40)31(43)26-18-25(36-29(41)14-15-32(33,34)35)12-13-27(26)45-24(3)10-7-8-17-44-28(22)20-38(6)30(42)11-9-16-37(4)5/h12-13,18,22-24,28,40H,7-11,14-17,19-21H2,1-6H3,(H,36,41)/t22-,23+,24-,28+/m0/s1. The van der Waals surface area contributed by atoms with E-state index in [2.05, 4.69) is 5.32 Å². The quantitative estimate of drug-likeness (QED) is 0.363. The minimum Gasteiger partial charge on any atom is -0.490 e. The van der Waals surface area contributed by atoms with Crippen LogP contribution in [0.25, 0.3) is 0 Å². The fourth-order valence-corrected chi connectivity index (χ4v) is 5.05. The number of benzene rings is 1. The molecule has 0 aliphatic carbocycles. The van der Waals surface area contributed by atoms with Crippen LogP contribution >= 0.6 is 0 Å². The summed E-state index contributed by atoms with van der Waals surface area (Å²) in [6, 6.07) is 3.82. The van der Waals surface area contributed by atoms with Gasteiger partial charge in [-0.25, -0.2) is 0 Å². The molecule has 0 unspecified atom stereocenters. The molecule has 1 aliphatic rings. The van der Waals surface area contributed by atoms with Gasteiger partial charge in [0.25, 0.3) is 5.91 Å². The van der Waals surface area contributed by atoms with Gasteiger partial charge in [-0.1, -0.05) is 6.92 Å². The molecule has 13 heteroatoms. The van der Waals surface area contributed by atoms with Crippen molar-refractivity contribution in [3.63, 3.8) is 0 Å². The van der Waals surface area contributed by atoms with Crippen LogP contribution in [0, 0.1) is 5.92 Å². The summed E-state index contributed by atoms with van der Waals surface area (Å²) in [4.78, 5) is 44.4. The van der Waals surface area contributed by atoms with Crippen molar-refractivity contribution in [3.8, 4) is 5.75 Å². The van der Waals surface area contributed by atoms with Gasteiger partial charge in [0.1, 0.15) is 5.75 Å². The summed E-state index contributed by atoms with van der Waals surface area (Å²) in [5.74, 6) is -1.26. The Hall–Kier alpha value is -2.90. The topological polar surface area (TPSA) is 112 Å². The van der Waals surface area contributed by atoms with Gasteiger partial charge in [-0.05, 0) is 78.4 Å². The zero-order valence-corrected chi connectivity index (χ0v) is 27.5. The molecule has 0 fully saturated rings. The molecule has 0 aromatic heterocycles. The fraction of sp³-hybridized carbons (Fsp3) is 0.719. The molecule has 0 saturated heterocycles. The van der Waals surface area contributed by atoms with Crippen LogP contribution in [0.1, 0.15) is 76.1 Å². The van der Waals surface area contributed by atoms with Gasteiger partial charge in [0, 0.05) is 51.2 Å². The molecule has 45 heavy (non-hydrogen) atoms. The number of hydrogen-bond donors (Lipinski definition) is 2. The molecule has 1 aliphatic heterocycles. The third kappa shape index (κ3) is 13.5. The number of carbonyl (C=O) groups is 3. The van der Waals surface area contributed by atoms with Gasteiger partial charge < -0.3 is 34.6 Å². The Morgan fingerprint density at radius 2 is 1.87 bits per heavy atom. The maximum absolute atomic E-state index is 14.1. The summed E-state index contributed by atoms with van der Waals surface area (Å²) in [6.07, 6.45) is -3.75. The van der Waals surface area contributed by atoms with E-state index in [4.69, 9.17) is 9.47 Å². The number of nitrogens with zero attached hydrogens (tertiary/aromatic N) is 3. The van der Waals surface area contributed by atoms with E-state index in [-0.39, 0.29) is 54.2 Å². The van der Waals surface area contributed by atoms with Crippen molar-refractivity contribution < 1.29 is 42.1 Å². The normalized spacial score (nSPS) is 21.0. The zero-order chi connectivity index (χ0) is 33.7. The summed E-state index contributed by atoms with van der Waals surface area (Å²) in [6.45, 7) is 6.99. The number of anilines is 1. The molecule has 3 amide bonds. The number of nitrogens with one attached hydrogen (secondary N) is 1. The number of hydrogen-bond acceptors (Lipinski definition) is 7. The third-order valence-corrected chi connectivity index (χ3v) is 7.85. The van der Waals surface area contributed by atoms with E-state index >= 15 is 0 Å². The predicted molar refractivity (Wildman–Crippen MR) is 166 cm³/mol. The van der Waals surface area contributed by atoms with Crippen molar-refractivity contribution in [3.05, 3.63) is 23.8 Å². The van der Waals surface area contributed by atoms with E-state index in [0.29, 0.717) is 26.0 Å². The lowest BCUT2D eigenvalue weighted by atomic mass is 10.0. The molecule has 4 atom stereocenters. The van der Waals surface area contributed by atoms with E-state index in [0.717, 1.165) is 25.8 Å². The molecule has 0 radical (unpaired) electrons. The molecule has 2 N–H and O–H groups in total. The minimum atomic E-state index is -4.47. The summed E-state index contributed by atoms with van der Waals surface area (Å²) < 4.78 is 50.4. The van der Waals surface area contributed by atoms with Crippen molar-refractivity contribution in [2.45, 2.75) is 90.1 Å². The monoisotopic (exact) mass is 644 g/mol. The lowest BCUT2D eigenvalue weighted by molar-refractivity contribution is -0.142. The van der Waals surface area contributed by atoms with Gasteiger partial charge >= 0.3 is 6.18 Å². The first-order valence-corrected chi connectivity index (χ1v) is 15.7. The molecule has 1 aromatic rings. The van der Waals surface area contributed by atoms with Crippen LogP contribution < -0.4 is 10.1 Å². The van der Waals surface area contributed by atoms with Crippen LogP contribution in [-0.4, -0.2) is 116 Å². The number of aliphatic hydroxyl groups excluding tert-OH is 1. The lowest BCUT2D eigenvalue weighted by Gasteiger charge is -2.36. The largest absolute Gasteiger partial charge is 0.490 e. The lowest BCUT2D eigenvalue weighted by Crippen LogP contribution is -2.48. The first-order valence-electron chi connectivity index (χ1n) is 15.7. The molecule has 0 bridgehead atoms. The first-order chi connectivity index (χ1) is 21.1. The predicted octanol–water partition coefficient (Wildman–Crippen LogP) is 4.56. The molecule has 0 spiro atoms. The van der Waals surface area contributed by atoms with Gasteiger partial charge in [0.15, 0.2) is 0 Å². The van der Waals surface area contributed by atoms with Crippen LogP contribution in [0.2, 0.25) is 0 Å². The summed E-state index contributed by atoms with van der Waals surface area (Å²) >= 11 is 0. The van der Waals surface area contributed by atoms with Crippen LogP contribution in [-0.2, 0) is 14.3 Å². The van der Waals surface area contributed by atoms with Crippen molar-refractivity contribution in [1.29, 1.82) is 0 Å². The molecule has 10 nitrogen and oxygen atoms in total. The average molecular weight is 645 g/mol. The molecule has 256 valence electrons. The number of rotatable bonds is 11. The van der Waals surface area contributed by atoms with E-state index in [1.54, 1.807) is 18.9 Å². The number of fused-ring (bicyclic) bond motifs is 1. The summed E-state index contributed by atoms with van der Waals surface area (Å²) in [5, 5.41) is 12.5. The van der Waals surface area contributed by atoms with Crippen LogP contribution in [0.4, 0.5) is 18.9 Å². The van der Waals surface area contributed by atoms with E-state index in [1.165, 1.54) is 23.1 Å². The maximum atomic E-state index is 14.1. The van der Waals surface area contributed by atoms with Gasteiger partial charge in [-0.2, -0.15) is 13.2 Å². The number of aliphatic hydroxyl groups is 1. The van der Waals surface area contributed by atoms with Crippen molar-refractivity contribution in [1.82, 2.24) is 14.7 Å². The second kappa shape index (κ2) is 18.3. The Labute approximate surface area is 265 Å². The highest BCUT2D eigenvalue weighted by atomic mass is 19.4. The Kier molecular flexibility index (Phi) is 15.6. The number of amides is 3. The van der Waals surface area contributed by atoms with Gasteiger partial charge in [0.05, 0.1) is 36.8 Å². The molecule has 0 saturated carbocycles. The fourth-order valence-electron chi connectivity index (χ4n) is 5.05. The Morgan fingerprint density at radius 1 is 1.16 bits per heavy atom. The second-order valence-electron chi connectivity index (χ2n) is 12.4. The van der Waals surface area contributed by atoms with Crippen LogP contribution in [0.5, 0.6) is 5.75 Å². The highest BCUT2D eigenvalue weighted by Gasteiger charge is 2.31. The van der Waals surface area contributed by atoms with Crippen LogP contribution in [0.3, 0.4) is 0 Å². The highest BCUT2D eigenvalue weighted by Crippen LogP contribution is 2.29. The molecular formula is C32H51F3N4O6. The highest BCUT2D eigenvalue weighted by molar-refractivity contribution is 5.99. The maximum Gasteiger partial charge on any atom is 0.389 e. The Balaban J connectivity index is 2.37. The van der Waals surface area contributed by atoms with Gasteiger partial charge in [-0.3, -0.25) is 14.4 Å². The van der Waals surface area contributed by atoms with Crippen molar-refractivity contribution in [2.75, 3.05) is 59.3 Å². The van der Waals surface area contributed by atoms with Crippen LogP contribution in [0.15, 0.2) is 18.2 Å². The summed E-state index contributed by atoms with van der Waals surface area (Å²) in [7, 11) is 5.67. The summed E-state index contributed by atoms with van der Waals surface area (Å²) in [5.41, 5.74) is 0.276. The van der Waals surface area contributed by atoms with Crippen molar-refractivity contribution in [2.24, 2.45) is 5.92 Å². The number of alkyl halides is 3. The second-order valence-corrected chi connectivity index (χ2v) is 12.4. The van der Waals surface area contributed by atoms with Gasteiger partial charge in [-0.15, -0.1) is 0 Å². The number of carbonyl (C=O) groups excluding carboxylic acids is 3. The average Bonchev–Trinajstić information content (AvgIpc) is 2.96.